The smallest absolute Gasteiger partial charge is 0.328 e. The van der Waals surface area contributed by atoms with Crippen LogP contribution in [0.1, 0.15) is 39.1 Å². The molecular weight excluding hydrogens is 253 g/mol. The van der Waals surface area contributed by atoms with Gasteiger partial charge in [-0.1, -0.05) is 20.8 Å². The van der Waals surface area contributed by atoms with Crippen molar-refractivity contribution in [1.82, 2.24) is 9.55 Å². The van der Waals surface area contributed by atoms with Crippen LogP contribution in [0.4, 0.5) is 13.2 Å². The summed E-state index contributed by atoms with van der Waals surface area (Å²) in [6.07, 6.45) is -4.33. The molecule has 1 aromatic heterocycles. The molecule has 0 fully saturated rings. The highest BCUT2D eigenvalue weighted by molar-refractivity contribution is 5.77. The standard InChI is InChI=1S/C14H17F3N2/c1-5-19-11-7-6-9(14(15,16)17)8-10(11)18-12(19)13(2,3)4/h6-8H,5H2,1-4H3. The van der Waals surface area contributed by atoms with Crippen LogP contribution in [0.3, 0.4) is 0 Å². The van der Waals surface area contributed by atoms with Gasteiger partial charge in [-0.25, -0.2) is 4.98 Å². The molecule has 0 amide bonds. The summed E-state index contributed by atoms with van der Waals surface area (Å²) < 4.78 is 40.1. The summed E-state index contributed by atoms with van der Waals surface area (Å²) in [4.78, 5) is 4.39. The highest BCUT2D eigenvalue weighted by atomic mass is 19.4. The van der Waals surface area contributed by atoms with Gasteiger partial charge in [-0.2, -0.15) is 13.2 Å². The highest BCUT2D eigenvalue weighted by Gasteiger charge is 2.31. The van der Waals surface area contributed by atoms with Crippen LogP contribution in [0.15, 0.2) is 18.2 Å². The molecule has 5 heteroatoms. The van der Waals surface area contributed by atoms with E-state index in [4.69, 9.17) is 0 Å². The summed E-state index contributed by atoms with van der Waals surface area (Å²) in [6.45, 7) is 8.67. The Morgan fingerprint density at radius 1 is 1.16 bits per heavy atom. The Morgan fingerprint density at radius 3 is 2.26 bits per heavy atom. The molecule has 104 valence electrons. The van der Waals surface area contributed by atoms with Crippen LogP contribution in [0.5, 0.6) is 0 Å². The average Bonchev–Trinajstić information content (AvgIpc) is 2.64. The predicted molar refractivity (Wildman–Crippen MR) is 69.1 cm³/mol. The van der Waals surface area contributed by atoms with Crippen LogP contribution in [0, 0.1) is 0 Å². The van der Waals surface area contributed by atoms with Gasteiger partial charge < -0.3 is 4.57 Å². The van der Waals surface area contributed by atoms with E-state index in [-0.39, 0.29) is 5.41 Å². The molecule has 0 aliphatic carbocycles. The molecular formula is C14H17F3N2. The number of halogens is 3. The van der Waals surface area contributed by atoms with Gasteiger partial charge in [0.15, 0.2) is 0 Å². The maximum atomic E-state index is 12.7. The third-order valence-corrected chi connectivity index (χ3v) is 3.06. The van der Waals surface area contributed by atoms with Gasteiger partial charge in [-0.15, -0.1) is 0 Å². The van der Waals surface area contributed by atoms with E-state index in [2.05, 4.69) is 4.98 Å². The van der Waals surface area contributed by atoms with Gasteiger partial charge in [0.2, 0.25) is 0 Å². The van der Waals surface area contributed by atoms with Gasteiger partial charge >= 0.3 is 6.18 Å². The fraction of sp³-hybridized carbons (Fsp3) is 0.500. The molecule has 0 saturated heterocycles. The molecule has 0 atom stereocenters. The van der Waals surface area contributed by atoms with Crippen molar-refractivity contribution in [1.29, 1.82) is 0 Å². The Hall–Kier alpha value is -1.52. The van der Waals surface area contributed by atoms with E-state index < -0.39 is 11.7 Å². The van der Waals surface area contributed by atoms with E-state index in [1.54, 1.807) is 0 Å². The number of aromatic nitrogens is 2. The van der Waals surface area contributed by atoms with Crippen LogP contribution in [-0.4, -0.2) is 9.55 Å². The number of aryl methyl sites for hydroxylation is 1. The van der Waals surface area contributed by atoms with Crippen molar-refractivity contribution < 1.29 is 13.2 Å². The van der Waals surface area contributed by atoms with Gasteiger partial charge in [0.05, 0.1) is 16.6 Å². The van der Waals surface area contributed by atoms with Crippen LogP contribution in [-0.2, 0) is 18.1 Å². The zero-order valence-electron chi connectivity index (χ0n) is 11.5. The van der Waals surface area contributed by atoms with Crippen molar-refractivity contribution in [3.05, 3.63) is 29.6 Å². The Bertz CT molecular complexity index is 603. The molecule has 0 saturated carbocycles. The topological polar surface area (TPSA) is 17.8 Å². The maximum absolute atomic E-state index is 12.7. The lowest BCUT2D eigenvalue weighted by Gasteiger charge is -2.19. The first-order valence-electron chi connectivity index (χ1n) is 6.22. The second kappa shape index (κ2) is 4.25. The summed E-state index contributed by atoms with van der Waals surface area (Å²) in [5.74, 6) is 0.810. The number of nitrogens with zero attached hydrogens (tertiary/aromatic N) is 2. The second-order valence-corrected chi connectivity index (χ2v) is 5.63. The minimum absolute atomic E-state index is 0.201. The monoisotopic (exact) mass is 270 g/mol. The molecule has 1 heterocycles. The number of imidazole rings is 1. The summed E-state index contributed by atoms with van der Waals surface area (Å²) in [7, 11) is 0. The van der Waals surface area contributed by atoms with Crippen LogP contribution < -0.4 is 0 Å². The van der Waals surface area contributed by atoms with Crippen molar-refractivity contribution in [2.45, 2.75) is 45.8 Å². The fourth-order valence-electron chi connectivity index (χ4n) is 2.20. The molecule has 0 unspecified atom stereocenters. The maximum Gasteiger partial charge on any atom is 0.416 e. The zero-order chi connectivity index (χ0) is 14.4. The van der Waals surface area contributed by atoms with Crippen LogP contribution >= 0.6 is 0 Å². The van der Waals surface area contributed by atoms with Crippen molar-refractivity contribution in [2.24, 2.45) is 0 Å². The fourth-order valence-corrected chi connectivity index (χ4v) is 2.20. The lowest BCUT2D eigenvalue weighted by molar-refractivity contribution is -0.137. The zero-order valence-corrected chi connectivity index (χ0v) is 11.5. The number of fused-ring (bicyclic) bond motifs is 1. The number of alkyl halides is 3. The van der Waals surface area contributed by atoms with E-state index in [0.717, 1.165) is 23.5 Å². The number of benzene rings is 1. The molecule has 0 spiro atoms. The average molecular weight is 270 g/mol. The molecule has 19 heavy (non-hydrogen) atoms. The predicted octanol–water partition coefficient (Wildman–Crippen LogP) is 4.37. The van der Waals surface area contributed by atoms with Crippen molar-refractivity contribution in [2.75, 3.05) is 0 Å². The Labute approximate surface area is 110 Å². The van der Waals surface area contributed by atoms with E-state index in [1.807, 2.05) is 32.3 Å². The number of rotatable bonds is 1. The molecule has 0 bridgehead atoms. The molecule has 2 nitrogen and oxygen atoms in total. The third kappa shape index (κ3) is 2.46. The number of hydrogen-bond acceptors (Lipinski definition) is 1. The Kier molecular flexibility index (Phi) is 3.11. The van der Waals surface area contributed by atoms with Crippen molar-refractivity contribution in [3.63, 3.8) is 0 Å². The first-order valence-corrected chi connectivity index (χ1v) is 6.22. The summed E-state index contributed by atoms with van der Waals surface area (Å²) in [6, 6.07) is 3.74. The third-order valence-electron chi connectivity index (χ3n) is 3.06. The van der Waals surface area contributed by atoms with E-state index in [1.165, 1.54) is 6.07 Å². The van der Waals surface area contributed by atoms with E-state index >= 15 is 0 Å². The Balaban J connectivity index is 2.70. The summed E-state index contributed by atoms with van der Waals surface area (Å²) in [5.41, 5.74) is 0.302. The quantitative estimate of drug-likeness (QED) is 0.752. The summed E-state index contributed by atoms with van der Waals surface area (Å²) in [5, 5.41) is 0. The van der Waals surface area contributed by atoms with Crippen LogP contribution in [0.25, 0.3) is 11.0 Å². The SMILES string of the molecule is CCn1c(C(C)(C)C)nc2cc(C(F)(F)F)ccc21. The van der Waals surface area contributed by atoms with Gasteiger partial charge in [-0.3, -0.25) is 0 Å². The molecule has 0 N–H and O–H groups in total. The summed E-state index contributed by atoms with van der Waals surface area (Å²) >= 11 is 0. The first kappa shape index (κ1) is 13.9. The number of hydrogen-bond donors (Lipinski definition) is 0. The van der Waals surface area contributed by atoms with E-state index in [9.17, 15) is 13.2 Å². The molecule has 0 aliphatic heterocycles. The highest BCUT2D eigenvalue weighted by Crippen LogP contribution is 2.33. The van der Waals surface area contributed by atoms with Crippen molar-refractivity contribution in [3.8, 4) is 0 Å². The molecule has 2 rings (SSSR count). The largest absolute Gasteiger partial charge is 0.416 e. The van der Waals surface area contributed by atoms with Gasteiger partial charge in [-0.05, 0) is 25.1 Å². The van der Waals surface area contributed by atoms with Crippen molar-refractivity contribution >= 4 is 11.0 Å². The second-order valence-electron chi connectivity index (χ2n) is 5.63. The molecule has 0 aliphatic rings. The van der Waals surface area contributed by atoms with Gasteiger partial charge in [0, 0.05) is 12.0 Å². The van der Waals surface area contributed by atoms with Crippen LogP contribution in [0.2, 0.25) is 0 Å². The normalized spacial score (nSPS) is 13.2. The Morgan fingerprint density at radius 2 is 1.79 bits per heavy atom. The molecule has 1 aromatic carbocycles. The van der Waals surface area contributed by atoms with E-state index in [0.29, 0.717) is 12.1 Å². The minimum Gasteiger partial charge on any atom is -0.328 e. The lowest BCUT2D eigenvalue weighted by atomic mass is 9.96. The van der Waals surface area contributed by atoms with Gasteiger partial charge in [0.25, 0.3) is 0 Å². The minimum atomic E-state index is -4.33. The first-order chi connectivity index (χ1) is 8.64. The molecule has 2 aromatic rings. The molecule has 0 radical (unpaired) electrons. The van der Waals surface area contributed by atoms with Gasteiger partial charge in [0.1, 0.15) is 5.82 Å². The lowest BCUT2D eigenvalue weighted by Crippen LogP contribution is -2.18.